The number of hydrogen-bond acceptors (Lipinski definition) is 1. The molecule has 0 aromatic carbocycles. The molecule has 0 atom stereocenters. The molecule has 14 heavy (non-hydrogen) atoms. The van der Waals surface area contributed by atoms with Crippen molar-refractivity contribution in [1.29, 1.82) is 0 Å². The fourth-order valence-electron chi connectivity index (χ4n) is 1.87. The highest BCUT2D eigenvalue weighted by Crippen LogP contribution is 2.32. The molecule has 2 saturated carbocycles. The quantitative estimate of drug-likeness (QED) is 0.619. The standard InChI is InChI=1S/C12H17NO/c1-2-8-13(9-10-6-7-10)12(14)11-4-3-5-11/h1,10-11H,3-9H2. The van der Waals surface area contributed by atoms with Gasteiger partial charge in [-0.3, -0.25) is 4.79 Å². The molecule has 0 saturated heterocycles. The second kappa shape index (κ2) is 4.04. The van der Waals surface area contributed by atoms with E-state index < -0.39 is 0 Å². The average molecular weight is 191 g/mol. The summed E-state index contributed by atoms with van der Waals surface area (Å²) in [7, 11) is 0. The molecule has 0 aliphatic heterocycles. The van der Waals surface area contributed by atoms with Crippen molar-refractivity contribution in [2.75, 3.05) is 13.1 Å². The van der Waals surface area contributed by atoms with Gasteiger partial charge in [-0.05, 0) is 31.6 Å². The van der Waals surface area contributed by atoms with Crippen molar-refractivity contribution in [2.24, 2.45) is 11.8 Å². The fraction of sp³-hybridized carbons (Fsp3) is 0.750. The first kappa shape index (κ1) is 9.58. The van der Waals surface area contributed by atoms with Crippen molar-refractivity contribution >= 4 is 5.91 Å². The van der Waals surface area contributed by atoms with E-state index in [9.17, 15) is 4.79 Å². The number of hydrogen-bond donors (Lipinski definition) is 0. The summed E-state index contributed by atoms with van der Waals surface area (Å²) in [6, 6.07) is 0. The Kier molecular flexibility index (Phi) is 2.77. The molecule has 0 aromatic heterocycles. The maximum atomic E-state index is 11.9. The van der Waals surface area contributed by atoms with E-state index in [0.717, 1.165) is 25.3 Å². The number of rotatable bonds is 4. The van der Waals surface area contributed by atoms with Gasteiger partial charge in [0.2, 0.25) is 5.91 Å². The largest absolute Gasteiger partial charge is 0.331 e. The van der Waals surface area contributed by atoms with Gasteiger partial charge in [-0.2, -0.15) is 0 Å². The van der Waals surface area contributed by atoms with Gasteiger partial charge < -0.3 is 4.90 Å². The molecule has 2 rings (SSSR count). The first-order valence-electron chi connectivity index (χ1n) is 5.53. The van der Waals surface area contributed by atoms with Gasteiger partial charge in [0.25, 0.3) is 0 Å². The lowest BCUT2D eigenvalue weighted by Gasteiger charge is -2.30. The van der Waals surface area contributed by atoms with Crippen LogP contribution in [0.15, 0.2) is 0 Å². The normalized spacial score (nSPS) is 21.1. The van der Waals surface area contributed by atoms with Crippen LogP contribution in [0.3, 0.4) is 0 Å². The highest BCUT2D eigenvalue weighted by atomic mass is 16.2. The van der Waals surface area contributed by atoms with Crippen LogP contribution >= 0.6 is 0 Å². The molecule has 2 aliphatic rings. The zero-order valence-electron chi connectivity index (χ0n) is 8.54. The number of nitrogens with zero attached hydrogens (tertiary/aromatic N) is 1. The minimum atomic E-state index is 0.294. The topological polar surface area (TPSA) is 20.3 Å². The Morgan fingerprint density at radius 3 is 2.50 bits per heavy atom. The van der Waals surface area contributed by atoms with Crippen LogP contribution in [0, 0.1) is 24.2 Å². The SMILES string of the molecule is C#CCN(CC1CC1)C(=O)C1CCC1. The zero-order valence-corrected chi connectivity index (χ0v) is 8.54. The van der Waals surface area contributed by atoms with Gasteiger partial charge in [-0.25, -0.2) is 0 Å². The van der Waals surface area contributed by atoms with Crippen LogP contribution in [0.2, 0.25) is 0 Å². The Bertz CT molecular complexity index is 258. The van der Waals surface area contributed by atoms with Crippen LogP contribution in [0.5, 0.6) is 0 Å². The zero-order chi connectivity index (χ0) is 9.97. The minimum absolute atomic E-state index is 0.294. The molecule has 2 aliphatic carbocycles. The van der Waals surface area contributed by atoms with Crippen molar-refractivity contribution < 1.29 is 4.79 Å². The van der Waals surface area contributed by atoms with E-state index in [2.05, 4.69) is 5.92 Å². The van der Waals surface area contributed by atoms with Crippen LogP contribution in [0.1, 0.15) is 32.1 Å². The molecule has 0 bridgehead atoms. The summed E-state index contributed by atoms with van der Waals surface area (Å²) in [5.74, 6) is 3.93. The molecule has 0 spiro atoms. The second-order valence-electron chi connectivity index (χ2n) is 4.49. The molecule has 0 N–H and O–H groups in total. The molecule has 1 amide bonds. The Labute approximate surface area is 85.7 Å². The maximum absolute atomic E-state index is 11.9. The highest BCUT2D eigenvalue weighted by molar-refractivity contribution is 5.79. The molecule has 0 radical (unpaired) electrons. The lowest BCUT2D eigenvalue weighted by atomic mass is 9.84. The summed E-state index contributed by atoms with van der Waals surface area (Å²) in [6.07, 6.45) is 11.2. The highest BCUT2D eigenvalue weighted by Gasteiger charge is 2.32. The van der Waals surface area contributed by atoms with E-state index in [4.69, 9.17) is 6.42 Å². The Hall–Kier alpha value is -0.970. The summed E-state index contributed by atoms with van der Waals surface area (Å²) in [5, 5.41) is 0. The third kappa shape index (κ3) is 2.09. The summed E-state index contributed by atoms with van der Waals surface area (Å²) in [5.41, 5.74) is 0. The van der Waals surface area contributed by atoms with Gasteiger partial charge in [0, 0.05) is 12.5 Å². The van der Waals surface area contributed by atoms with Crippen molar-refractivity contribution in [1.82, 2.24) is 4.90 Å². The molecular weight excluding hydrogens is 174 g/mol. The molecule has 2 heteroatoms. The maximum Gasteiger partial charge on any atom is 0.226 e. The summed E-state index contributed by atoms with van der Waals surface area (Å²) >= 11 is 0. The van der Waals surface area contributed by atoms with Gasteiger partial charge in [0.1, 0.15) is 0 Å². The van der Waals surface area contributed by atoms with E-state index >= 15 is 0 Å². The monoisotopic (exact) mass is 191 g/mol. The summed E-state index contributed by atoms with van der Waals surface area (Å²) in [4.78, 5) is 13.8. The molecule has 0 unspecified atom stereocenters. The lowest BCUT2D eigenvalue weighted by molar-refractivity contribution is -0.137. The molecular formula is C12H17NO. The summed E-state index contributed by atoms with van der Waals surface area (Å²) < 4.78 is 0. The van der Waals surface area contributed by atoms with Crippen molar-refractivity contribution in [2.45, 2.75) is 32.1 Å². The van der Waals surface area contributed by atoms with E-state index in [1.54, 1.807) is 0 Å². The van der Waals surface area contributed by atoms with Gasteiger partial charge in [-0.1, -0.05) is 12.3 Å². The summed E-state index contributed by atoms with van der Waals surface area (Å²) in [6.45, 7) is 1.41. The number of amides is 1. The fourth-order valence-corrected chi connectivity index (χ4v) is 1.87. The third-order valence-electron chi connectivity index (χ3n) is 3.22. The van der Waals surface area contributed by atoms with Crippen LogP contribution in [0.4, 0.5) is 0 Å². The second-order valence-corrected chi connectivity index (χ2v) is 4.49. The van der Waals surface area contributed by atoms with Crippen LogP contribution in [-0.4, -0.2) is 23.9 Å². The van der Waals surface area contributed by atoms with Gasteiger partial charge >= 0.3 is 0 Å². The van der Waals surface area contributed by atoms with Crippen LogP contribution in [0.25, 0.3) is 0 Å². The molecule has 2 nitrogen and oxygen atoms in total. The lowest BCUT2D eigenvalue weighted by Crippen LogP contribution is -2.40. The van der Waals surface area contributed by atoms with E-state index in [1.165, 1.54) is 19.3 Å². The van der Waals surface area contributed by atoms with E-state index in [1.807, 2.05) is 4.90 Å². The predicted molar refractivity (Wildman–Crippen MR) is 55.5 cm³/mol. The Balaban J connectivity index is 1.86. The van der Waals surface area contributed by atoms with Gasteiger partial charge in [0.05, 0.1) is 6.54 Å². The van der Waals surface area contributed by atoms with Crippen molar-refractivity contribution in [3.05, 3.63) is 0 Å². The molecule has 0 heterocycles. The minimum Gasteiger partial charge on any atom is -0.331 e. The Morgan fingerprint density at radius 2 is 2.07 bits per heavy atom. The van der Waals surface area contributed by atoms with Crippen LogP contribution < -0.4 is 0 Å². The number of carbonyl (C=O) groups excluding carboxylic acids is 1. The molecule has 76 valence electrons. The van der Waals surface area contributed by atoms with Crippen molar-refractivity contribution in [3.8, 4) is 12.3 Å². The average Bonchev–Trinajstić information content (AvgIpc) is 2.84. The molecule has 0 aromatic rings. The van der Waals surface area contributed by atoms with Gasteiger partial charge in [0.15, 0.2) is 0 Å². The van der Waals surface area contributed by atoms with Gasteiger partial charge in [-0.15, -0.1) is 6.42 Å². The smallest absolute Gasteiger partial charge is 0.226 e. The van der Waals surface area contributed by atoms with E-state index in [-0.39, 0.29) is 0 Å². The van der Waals surface area contributed by atoms with E-state index in [0.29, 0.717) is 18.4 Å². The predicted octanol–water partition coefficient (Wildman–Crippen LogP) is 1.66. The number of carbonyl (C=O) groups is 1. The Morgan fingerprint density at radius 1 is 1.36 bits per heavy atom. The third-order valence-corrected chi connectivity index (χ3v) is 3.22. The molecule has 2 fully saturated rings. The van der Waals surface area contributed by atoms with Crippen molar-refractivity contribution in [3.63, 3.8) is 0 Å². The first-order chi connectivity index (χ1) is 6.81. The van der Waals surface area contributed by atoms with Crippen LogP contribution in [-0.2, 0) is 4.79 Å². The number of terminal acetylenes is 1. The first-order valence-corrected chi connectivity index (χ1v) is 5.53.